The maximum atomic E-state index is 10.7. The van der Waals surface area contributed by atoms with Crippen LogP contribution in [0.4, 0.5) is 11.4 Å². The number of hydrogen-bond donors (Lipinski definition) is 2. The largest absolute Gasteiger partial charge is 0.507 e. The molecule has 0 amide bonds. The molecule has 1 aliphatic heterocycles. The SMILES string of the molecule is CCN(CC)c1ccc(C2N=C3C=CCCc4cccc(c43)N2)c(O)c1. The number of rotatable bonds is 4. The summed E-state index contributed by atoms with van der Waals surface area (Å²) in [5.74, 6) is 0.286. The number of anilines is 2. The van der Waals surface area contributed by atoms with Crippen LogP contribution < -0.4 is 10.2 Å². The van der Waals surface area contributed by atoms with E-state index in [4.69, 9.17) is 4.99 Å². The van der Waals surface area contributed by atoms with Gasteiger partial charge in [-0.3, -0.25) is 4.99 Å². The Kier molecular flexibility index (Phi) is 4.41. The van der Waals surface area contributed by atoms with E-state index in [0.717, 1.165) is 48.6 Å². The summed E-state index contributed by atoms with van der Waals surface area (Å²) in [4.78, 5) is 7.13. The summed E-state index contributed by atoms with van der Waals surface area (Å²) < 4.78 is 0. The quantitative estimate of drug-likeness (QED) is 0.846. The molecule has 0 radical (unpaired) electrons. The molecular formula is C22H25N3O. The molecule has 2 aromatic carbocycles. The zero-order chi connectivity index (χ0) is 18.1. The second-order valence-corrected chi connectivity index (χ2v) is 6.76. The second kappa shape index (κ2) is 6.87. The fraction of sp³-hybridized carbons (Fsp3) is 0.318. The highest BCUT2D eigenvalue weighted by Gasteiger charge is 2.25. The Morgan fingerprint density at radius 1 is 1.19 bits per heavy atom. The molecule has 2 N–H and O–H groups in total. The Hall–Kier alpha value is -2.75. The van der Waals surface area contributed by atoms with Crippen LogP contribution in [-0.4, -0.2) is 23.9 Å². The van der Waals surface area contributed by atoms with Gasteiger partial charge in [0.25, 0.3) is 0 Å². The number of hydrogen-bond acceptors (Lipinski definition) is 4. The van der Waals surface area contributed by atoms with Crippen molar-refractivity contribution < 1.29 is 5.11 Å². The standard InChI is InChI=1S/C22H25N3O/c1-3-25(4-2)16-12-13-17(20(26)14-16)22-23-18-10-6-5-8-15-9-7-11-19(24-22)21(15)18/h6-7,9-14,22,24,26H,3-5,8H2,1-2H3. The fourth-order valence-electron chi connectivity index (χ4n) is 3.87. The van der Waals surface area contributed by atoms with Crippen LogP contribution >= 0.6 is 0 Å². The topological polar surface area (TPSA) is 47.9 Å². The molecule has 0 saturated carbocycles. The molecule has 1 atom stereocenters. The number of aromatic hydroxyl groups is 1. The summed E-state index contributed by atoms with van der Waals surface area (Å²) >= 11 is 0. The number of phenolic OH excluding ortho intramolecular Hbond substituents is 1. The first-order valence-corrected chi connectivity index (χ1v) is 9.42. The van der Waals surface area contributed by atoms with Gasteiger partial charge in [0.1, 0.15) is 11.9 Å². The average molecular weight is 347 g/mol. The van der Waals surface area contributed by atoms with Crippen LogP contribution in [0.25, 0.3) is 0 Å². The second-order valence-electron chi connectivity index (χ2n) is 6.76. The predicted molar refractivity (Wildman–Crippen MR) is 108 cm³/mol. The number of aliphatic imine (C=N–C) groups is 1. The summed E-state index contributed by atoms with van der Waals surface area (Å²) in [6.45, 7) is 6.08. The lowest BCUT2D eigenvalue weighted by Gasteiger charge is -2.27. The highest BCUT2D eigenvalue weighted by molar-refractivity contribution is 6.14. The molecule has 1 unspecified atom stereocenters. The minimum Gasteiger partial charge on any atom is -0.507 e. The van der Waals surface area contributed by atoms with Crippen molar-refractivity contribution in [3.05, 3.63) is 65.2 Å². The first-order chi connectivity index (χ1) is 12.7. The van der Waals surface area contributed by atoms with Gasteiger partial charge in [0.2, 0.25) is 0 Å². The zero-order valence-electron chi connectivity index (χ0n) is 15.4. The molecule has 1 aliphatic carbocycles. The first kappa shape index (κ1) is 16.7. The van der Waals surface area contributed by atoms with Gasteiger partial charge in [0.05, 0.1) is 5.71 Å². The van der Waals surface area contributed by atoms with Gasteiger partial charge in [-0.25, -0.2) is 0 Å². The fourth-order valence-corrected chi connectivity index (χ4v) is 3.87. The minimum atomic E-state index is -0.277. The highest BCUT2D eigenvalue weighted by atomic mass is 16.3. The lowest BCUT2D eigenvalue weighted by Crippen LogP contribution is -2.22. The van der Waals surface area contributed by atoms with Gasteiger partial charge < -0.3 is 15.3 Å². The van der Waals surface area contributed by atoms with Gasteiger partial charge in [-0.2, -0.15) is 0 Å². The van der Waals surface area contributed by atoms with E-state index >= 15 is 0 Å². The molecule has 0 saturated heterocycles. The lowest BCUT2D eigenvalue weighted by molar-refractivity contribution is 0.464. The van der Waals surface area contributed by atoms with Crippen LogP contribution in [0.2, 0.25) is 0 Å². The van der Waals surface area contributed by atoms with Gasteiger partial charge in [0.15, 0.2) is 0 Å². The van der Waals surface area contributed by atoms with E-state index in [1.807, 2.05) is 12.1 Å². The zero-order valence-corrected chi connectivity index (χ0v) is 15.4. The maximum absolute atomic E-state index is 10.7. The van der Waals surface area contributed by atoms with Gasteiger partial charge in [0, 0.05) is 41.7 Å². The van der Waals surface area contributed by atoms with Crippen molar-refractivity contribution in [1.82, 2.24) is 0 Å². The van der Waals surface area contributed by atoms with Crippen LogP contribution in [0.1, 0.15) is 43.1 Å². The molecule has 0 aromatic heterocycles. The van der Waals surface area contributed by atoms with Gasteiger partial charge in [-0.05, 0) is 56.5 Å². The number of allylic oxidation sites excluding steroid dienone is 2. The molecule has 0 bridgehead atoms. The Labute approximate surface area is 154 Å². The third-order valence-corrected chi connectivity index (χ3v) is 5.26. The lowest BCUT2D eigenvalue weighted by atomic mass is 9.97. The third-order valence-electron chi connectivity index (χ3n) is 5.26. The van der Waals surface area contributed by atoms with E-state index in [0.29, 0.717) is 0 Å². The number of nitrogens with one attached hydrogen (secondary N) is 1. The number of benzene rings is 2. The molecule has 2 aliphatic rings. The molecule has 2 aromatic rings. The molecule has 4 nitrogen and oxygen atoms in total. The molecule has 4 heteroatoms. The summed E-state index contributed by atoms with van der Waals surface area (Å²) in [7, 11) is 0. The van der Waals surface area contributed by atoms with Gasteiger partial charge in [-0.1, -0.05) is 18.2 Å². The van der Waals surface area contributed by atoms with Crippen molar-refractivity contribution in [3.63, 3.8) is 0 Å². The van der Waals surface area contributed by atoms with Crippen LogP contribution in [-0.2, 0) is 6.42 Å². The minimum absolute atomic E-state index is 0.277. The highest BCUT2D eigenvalue weighted by Crippen LogP contribution is 2.37. The van der Waals surface area contributed by atoms with Crippen molar-refractivity contribution in [2.45, 2.75) is 32.9 Å². The Bertz CT molecular complexity index is 881. The van der Waals surface area contributed by atoms with Crippen LogP contribution in [0.15, 0.2) is 53.5 Å². The molecule has 0 fully saturated rings. The van der Waals surface area contributed by atoms with E-state index in [2.05, 4.69) is 60.5 Å². The summed E-state index contributed by atoms with van der Waals surface area (Å²) in [6.07, 6.45) is 6.10. The van der Waals surface area contributed by atoms with Crippen molar-refractivity contribution in [2.24, 2.45) is 4.99 Å². The van der Waals surface area contributed by atoms with Gasteiger partial charge in [-0.15, -0.1) is 0 Å². The average Bonchev–Trinajstić information content (AvgIpc) is 2.86. The van der Waals surface area contributed by atoms with Crippen LogP contribution in [0.3, 0.4) is 0 Å². The molecule has 1 heterocycles. The van der Waals surface area contributed by atoms with Crippen molar-refractivity contribution in [3.8, 4) is 5.75 Å². The van der Waals surface area contributed by atoms with E-state index in [-0.39, 0.29) is 11.9 Å². The van der Waals surface area contributed by atoms with Crippen molar-refractivity contribution in [1.29, 1.82) is 0 Å². The summed E-state index contributed by atoms with van der Waals surface area (Å²) in [6, 6.07) is 12.3. The normalized spacial score (nSPS) is 17.8. The van der Waals surface area contributed by atoms with Crippen molar-refractivity contribution in [2.75, 3.05) is 23.3 Å². The smallest absolute Gasteiger partial charge is 0.149 e. The van der Waals surface area contributed by atoms with E-state index < -0.39 is 0 Å². The molecular weight excluding hydrogens is 322 g/mol. The molecule has 0 spiro atoms. The monoisotopic (exact) mass is 347 g/mol. The number of nitrogens with zero attached hydrogens (tertiary/aromatic N) is 2. The molecule has 26 heavy (non-hydrogen) atoms. The van der Waals surface area contributed by atoms with Gasteiger partial charge >= 0.3 is 0 Å². The first-order valence-electron chi connectivity index (χ1n) is 9.42. The van der Waals surface area contributed by atoms with E-state index in [1.54, 1.807) is 0 Å². The third kappa shape index (κ3) is 2.85. The summed E-state index contributed by atoms with van der Waals surface area (Å²) in [5.41, 5.74) is 6.48. The van der Waals surface area contributed by atoms with Crippen molar-refractivity contribution >= 4 is 17.1 Å². The number of aryl methyl sites for hydroxylation is 1. The molecule has 134 valence electrons. The van der Waals surface area contributed by atoms with Crippen LogP contribution in [0.5, 0.6) is 5.75 Å². The Morgan fingerprint density at radius 2 is 2.04 bits per heavy atom. The van der Waals surface area contributed by atoms with E-state index in [1.165, 1.54) is 11.1 Å². The Morgan fingerprint density at radius 3 is 2.81 bits per heavy atom. The van der Waals surface area contributed by atoms with E-state index in [9.17, 15) is 5.11 Å². The maximum Gasteiger partial charge on any atom is 0.149 e. The number of phenols is 1. The Balaban J connectivity index is 1.73. The predicted octanol–water partition coefficient (Wildman–Crippen LogP) is 4.65. The van der Waals surface area contributed by atoms with Crippen LogP contribution in [0, 0.1) is 0 Å². The summed E-state index contributed by atoms with van der Waals surface area (Å²) in [5, 5.41) is 14.2. The molecule has 4 rings (SSSR count).